The fourth-order valence-electron chi connectivity index (χ4n) is 1.23. The summed E-state index contributed by atoms with van der Waals surface area (Å²) in [6, 6.07) is 0.0141. The van der Waals surface area contributed by atoms with E-state index in [9.17, 15) is 4.79 Å². The van der Waals surface area contributed by atoms with Crippen LogP contribution < -0.4 is 11.1 Å². The van der Waals surface area contributed by atoms with Gasteiger partial charge >= 0.3 is 6.01 Å². The summed E-state index contributed by atoms with van der Waals surface area (Å²) >= 11 is 0. The van der Waals surface area contributed by atoms with Gasteiger partial charge in [0, 0.05) is 12.5 Å². The summed E-state index contributed by atoms with van der Waals surface area (Å²) in [7, 11) is 0. The second-order valence-corrected chi connectivity index (χ2v) is 3.45. The molecule has 1 aromatic heterocycles. The summed E-state index contributed by atoms with van der Waals surface area (Å²) in [5, 5.41) is 6.05. The van der Waals surface area contributed by atoms with Gasteiger partial charge in [0.05, 0.1) is 0 Å². The van der Waals surface area contributed by atoms with E-state index in [2.05, 4.69) is 15.5 Å². The Labute approximate surface area is 88.2 Å². The van der Waals surface area contributed by atoms with E-state index in [0.29, 0.717) is 5.82 Å². The van der Waals surface area contributed by atoms with Crippen molar-refractivity contribution in [2.75, 3.05) is 5.32 Å². The Morgan fingerprint density at radius 3 is 2.93 bits per heavy atom. The molecule has 1 aromatic rings. The summed E-state index contributed by atoms with van der Waals surface area (Å²) < 4.78 is 4.74. The van der Waals surface area contributed by atoms with Crippen molar-refractivity contribution in [3.8, 4) is 0 Å². The molecule has 0 saturated carbocycles. The zero-order chi connectivity index (χ0) is 11.3. The zero-order valence-electron chi connectivity index (χ0n) is 8.99. The van der Waals surface area contributed by atoms with Gasteiger partial charge < -0.3 is 10.3 Å². The lowest BCUT2D eigenvalue weighted by molar-refractivity contribution is -0.116. The smallest absolute Gasteiger partial charge is 0.327 e. The third-order valence-electron chi connectivity index (χ3n) is 1.88. The first-order valence-electron chi connectivity index (χ1n) is 4.97. The average Bonchev–Trinajstić information content (AvgIpc) is 2.51. The number of anilines is 1. The van der Waals surface area contributed by atoms with Crippen molar-refractivity contribution in [2.24, 2.45) is 5.73 Å². The summed E-state index contributed by atoms with van der Waals surface area (Å²) in [6.45, 7) is 3.71. The highest BCUT2D eigenvalue weighted by Gasteiger charge is 2.11. The number of carbonyl (C=O) groups is 1. The molecule has 1 rings (SSSR count). The van der Waals surface area contributed by atoms with E-state index in [-0.39, 0.29) is 24.4 Å². The first-order chi connectivity index (χ1) is 7.11. The van der Waals surface area contributed by atoms with Gasteiger partial charge in [-0.15, -0.1) is 0 Å². The molecular formula is C9H16N4O2. The molecule has 6 nitrogen and oxygen atoms in total. The van der Waals surface area contributed by atoms with E-state index >= 15 is 0 Å². The number of carbonyl (C=O) groups excluding carboxylic acids is 1. The maximum absolute atomic E-state index is 11.4. The third kappa shape index (κ3) is 4.07. The largest absolute Gasteiger partial charge is 0.328 e. The van der Waals surface area contributed by atoms with Gasteiger partial charge in [-0.3, -0.25) is 10.1 Å². The summed E-state index contributed by atoms with van der Waals surface area (Å²) in [4.78, 5) is 15.2. The number of hydrogen-bond acceptors (Lipinski definition) is 5. The SMILES string of the molecule is CCCC(N)CC(=O)Nc1nc(C)no1. The van der Waals surface area contributed by atoms with Gasteiger partial charge in [-0.05, 0) is 13.3 Å². The lowest BCUT2D eigenvalue weighted by Crippen LogP contribution is -2.26. The number of nitrogens with zero attached hydrogens (tertiary/aromatic N) is 2. The van der Waals surface area contributed by atoms with Crippen LogP contribution in [-0.2, 0) is 4.79 Å². The van der Waals surface area contributed by atoms with Gasteiger partial charge in [0.15, 0.2) is 5.82 Å². The first kappa shape index (κ1) is 11.6. The van der Waals surface area contributed by atoms with Crippen molar-refractivity contribution < 1.29 is 9.32 Å². The molecule has 0 fully saturated rings. The number of nitrogens with two attached hydrogens (primary N) is 1. The maximum Gasteiger partial charge on any atom is 0.328 e. The second-order valence-electron chi connectivity index (χ2n) is 3.45. The van der Waals surface area contributed by atoms with Crippen LogP contribution in [-0.4, -0.2) is 22.1 Å². The number of amides is 1. The highest BCUT2D eigenvalue weighted by atomic mass is 16.5. The maximum atomic E-state index is 11.4. The third-order valence-corrected chi connectivity index (χ3v) is 1.88. The molecule has 0 spiro atoms. The molecule has 0 saturated heterocycles. The molecule has 0 aliphatic heterocycles. The van der Waals surface area contributed by atoms with Crippen LogP contribution in [0.2, 0.25) is 0 Å². The molecule has 6 heteroatoms. The highest BCUT2D eigenvalue weighted by Crippen LogP contribution is 2.04. The molecule has 0 bridgehead atoms. The zero-order valence-corrected chi connectivity index (χ0v) is 8.99. The monoisotopic (exact) mass is 212 g/mol. The van der Waals surface area contributed by atoms with E-state index in [1.165, 1.54) is 0 Å². The van der Waals surface area contributed by atoms with Crippen LogP contribution in [0.5, 0.6) is 0 Å². The highest BCUT2D eigenvalue weighted by molar-refractivity contribution is 5.88. The average molecular weight is 212 g/mol. The molecule has 0 aliphatic carbocycles. The lowest BCUT2D eigenvalue weighted by atomic mass is 10.1. The fourth-order valence-corrected chi connectivity index (χ4v) is 1.23. The number of rotatable bonds is 5. The Kier molecular flexibility index (Phi) is 4.23. The van der Waals surface area contributed by atoms with Crippen LogP contribution >= 0.6 is 0 Å². The van der Waals surface area contributed by atoms with Crippen molar-refractivity contribution in [3.63, 3.8) is 0 Å². The number of hydrogen-bond donors (Lipinski definition) is 2. The van der Waals surface area contributed by atoms with Gasteiger partial charge in [-0.25, -0.2) is 0 Å². The molecule has 0 radical (unpaired) electrons. The topological polar surface area (TPSA) is 94.0 Å². The van der Waals surface area contributed by atoms with Crippen LogP contribution in [0.4, 0.5) is 6.01 Å². The van der Waals surface area contributed by atoms with E-state index in [4.69, 9.17) is 10.3 Å². The molecule has 0 aromatic carbocycles. The van der Waals surface area contributed by atoms with Crippen molar-refractivity contribution in [1.82, 2.24) is 10.1 Å². The predicted molar refractivity (Wildman–Crippen MR) is 55.2 cm³/mol. The van der Waals surface area contributed by atoms with E-state index in [0.717, 1.165) is 12.8 Å². The van der Waals surface area contributed by atoms with Crippen molar-refractivity contribution in [1.29, 1.82) is 0 Å². The molecule has 1 amide bonds. The molecule has 15 heavy (non-hydrogen) atoms. The number of aryl methyl sites for hydroxylation is 1. The molecule has 0 aliphatic rings. The van der Waals surface area contributed by atoms with Crippen LogP contribution in [0.1, 0.15) is 32.0 Å². The van der Waals surface area contributed by atoms with Crippen molar-refractivity contribution in [3.05, 3.63) is 5.82 Å². The molecule has 1 heterocycles. The van der Waals surface area contributed by atoms with Gasteiger partial charge in [0.2, 0.25) is 5.91 Å². The second kappa shape index (κ2) is 5.45. The van der Waals surface area contributed by atoms with Gasteiger partial charge in [0.1, 0.15) is 0 Å². The predicted octanol–water partition coefficient (Wildman–Crippen LogP) is 0.834. The van der Waals surface area contributed by atoms with Crippen LogP contribution in [0.15, 0.2) is 4.52 Å². The van der Waals surface area contributed by atoms with E-state index in [1.54, 1.807) is 6.92 Å². The first-order valence-corrected chi connectivity index (χ1v) is 4.97. The number of nitrogens with one attached hydrogen (secondary N) is 1. The molecular weight excluding hydrogens is 196 g/mol. The summed E-state index contributed by atoms with van der Waals surface area (Å²) in [5.41, 5.74) is 5.72. The minimum absolute atomic E-state index is 0.112. The van der Waals surface area contributed by atoms with Crippen LogP contribution in [0.25, 0.3) is 0 Å². The Morgan fingerprint density at radius 1 is 1.67 bits per heavy atom. The number of aromatic nitrogens is 2. The molecule has 1 unspecified atom stereocenters. The molecule has 1 atom stereocenters. The Morgan fingerprint density at radius 2 is 2.40 bits per heavy atom. The van der Waals surface area contributed by atoms with Crippen molar-refractivity contribution >= 4 is 11.9 Å². The normalized spacial score (nSPS) is 12.5. The van der Waals surface area contributed by atoms with E-state index < -0.39 is 0 Å². The fraction of sp³-hybridized carbons (Fsp3) is 0.667. The van der Waals surface area contributed by atoms with Crippen LogP contribution in [0, 0.1) is 6.92 Å². The Balaban J connectivity index is 2.36. The summed E-state index contributed by atoms with van der Waals surface area (Å²) in [6.07, 6.45) is 2.07. The van der Waals surface area contributed by atoms with Gasteiger partial charge in [0.25, 0.3) is 0 Å². The lowest BCUT2D eigenvalue weighted by Gasteiger charge is -2.07. The molecule has 84 valence electrons. The minimum Gasteiger partial charge on any atom is -0.327 e. The standard InChI is InChI=1S/C9H16N4O2/c1-3-4-7(10)5-8(14)12-9-11-6(2)13-15-9/h7H,3-5,10H2,1-2H3,(H,11,12,13,14). The van der Waals surface area contributed by atoms with Crippen LogP contribution in [0.3, 0.4) is 0 Å². The van der Waals surface area contributed by atoms with Crippen molar-refractivity contribution in [2.45, 2.75) is 39.2 Å². The van der Waals surface area contributed by atoms with Gasteiger partial charge in [-0.1, -0.05) is 18.5 Å². The molecule has 3 N–H and O–H groups in total. The van der Waals surface area contributed by atoms with E-state index in [1.807, 2.05) is 6.92 Å². The summed E-state index contributed by atoms with van der Waals surface area (Å²) in [5.74, 6) is 0.294. The quantitative estimate of drug-likeness (QED) is 0.754. The Hall–Kier alpha value is -1.43. The van der Waals surface area contributed by atoms with Gasteiger partial charge in [-0.2, -0.15) is 4.98 Å². The minimum atomic E-state index is -0.195. The Bertz CT molecular complexity index is 324.